The summed E-state index contributed by atoms with van der Waals surface area (Å²) in [6, 6.07) is 3.26. The summed E-state index contributed by atoms with van der Waals surface area (Å²) in [5, 5.41) is 10.6. The highest BCUT2D eigenvalue weighted by molar-refractivity contribution is 7.91. The topological polar surface area (TPSA) is 102 Å². The summed E-state index contributed by atoms with van der Waals surface area (Å²) in [4.78, 5) is 18.0. The van der Waals surface area contributed by atoms with Crippen LogP contribution in [-0.2, 0) is 20.2 Å². The van der Waals surface area contributed by atoms with Gasteiger partial charge in [-0.15, -0.1) is 22.7 Å². The van der Waals surface area contributed by atoms with Crippen LogP contribution in [0.2, 0.25) is 0 Å². The van der Waals surface area contributed by atoms with Crippen molar-refractivity contribution in [3.63, 3.8) is 0 Å². The van der Waals surface area contributed by atoms with Gasteiger partial charge in [0.05, 0.1) is 5.41 Å². The van der Waals surface area contributed by atoms with E-state index in [0.29, 0.717) is 11.0 Å². The van der Waals surface area contributed by atoms with Gasteiger partial charge in [0.1, 0.15) is 4.21 Å². The summed E-state index contributed by atoms with van der Waals surface area (Å²) in [5.41, 5.74) is -0.645. The van der Waals surface area contributed by atoms with Crippen LogP contribution in [0.5, 0.6) is 0 Å². The lowest BCUT2D eigenvalue weighted by atomic mass is 9.91. The van der Waals surface area contributed by atoms with E-state index in [1.165, 1.54) is 30.2 Å². The number of rotatable bonds is 5. The molecule has 9 heteroatoms. The minimum absolute atomic E-state index is 0.0813. The molecule has 4 rings (SSSR count). The number of aromatic nitrogens is 1. The highest BCUT2D eigenvalue weighted by atomic mass is 32.2. The lowest BCUT2D eigenvalue weighted by Crippen LogP contribution is -2.30. The Labute approximate surface area is 154 Å². The van der Waals surface area contributed by atoms with Crippen LogP contribution in [0.15, 0.2) is 27.9 Å². The second kappa shape index (κ2) is 6.15. The van der Waals surface area contributed by atoms with Crippen molar-refractivity contribution in [3.8, 4) is 0 Å². The summed E-state index contributed by atoms with van der Waals surface area (Å²) < 4.78 is 23.4. The first-order chi connectivity index (χ1) is 11.9. The molecule has 2 aliphatic carbocycles. The van der Waals surface area contributed by atoms with Crippen molar-refractivity contribution in [2.24, 2.45) is 17.0 Å². The minimum Gasteiger partial charge on any atom is -0.301 e. The Morgan fingerprint density at radius 3 is 2.68 bits per heavy atom. The number of amides is 1. The number of nitrogens with two attached hydrogens (primary N) is 1. The fourth-order valence-corrected chi connectivity index (χ4v) is 6.59. The number of carbonyl (C=O) groups excluding carboxylic acids is 1. The fraction of sp³-hybridized carbons (Fsp3) is 0.500. The number of anilines is 1. The van der Waals surface area contributed by atoms with Crippen LogP contribution in [-0.4, -0.2) is 19.3 Å². The lowest BCUT2D eigenvalue weighted by Gasteiger charge is -2.18. The number of sulfonamides is 1. The zero-order chi connectivity index (χ0) is 17.7. The Bertz CT molecular complexity index is 885. The van der Waals surface area contributed by atoms with Crippen LogP contribution in [0, 0.1) is 11.8 Å². The van der Waals surface area contributed by atoms with Crippen molar-refractivity contribution in [1.29, 1.82) is 0 Å². The highest BCUT2D eigenvalue weighted by Gasteiger charge is 2.64. The zero-order valence-electron chi connectivity index (χ0n) is 13.5. The zero-order valence-corrected chi connectivity index (χ0v) is 15.9. The second-order valence-electron chi connectivity index (χ2n) is 6.78. The molecule has 2 aromatic heterocycles. The summed E-state index contributed by atoms with van der Waals surface area (Å²) in [7, 11) is -3.75. The molecule has 0 spiro atoms. The molecule has 2 atom stereocenters. The number of carbonyl (C=O) groups is 1. The average molecular weight is 398 g/mol. The van der Waals surface area contributed by atoms with Crippen molar-refractivity contribution < 1.29 is 13.2 Å². The maximum atomic E-state index is 13.1. The molecular formula is C16H19N3O3S3. The van der Waals surface area contributed by atoms with Crippen molar-refractivity contribution in [2.45, 2.75) is 41.7 Å². The van der Waals surface area contributed by atoms with Gasteiger partial charge in [-0.05, 0) is 30.4 Å². The van der Waals surface area contributed by atoms with Crippen molar-refractivity contribution >= 4 is 43.7 Å². The molecule has 2 fully saturated rings. The quantitative estimate of drug-likeness (QED) is 0.810. The van der Waals surface area contributed by atoms with E-state index in [-0.39, 0.29) is 16.0 Å². The van der Waals surface area contributed by atoms with Crippen molar-refractivity contribution in [2.75, 3.05) is 5.32 Å². The summed E-state index contributed by atoms with van der Waals surface area (Å²) in [6.07, 6.45) is 7.11. The number of primary sulfonamides is 1. The predicted molar refractivity (Wildman–Crippen MR) is 98.2 cm³/mol. The van der Waals surface area contributed by atoms with E-state index < -0.39 is 15.4 Å². The summed E-state index contributed by atoms with van der Waals surface area (Å²) in [6.45, 7) is 0. The first-order valence-corrected chi connectivity index (χ1v) is 11.5. The van der Waals surface area contributed by atoms with Gasteiger partial charge in [-0.3, -0.25) is 4.79 Å². The van der Waals surface area contributed by atoms with E-state index in [1.54, 1.807) is 12.3 Å². The van der Waals surface area contributed by atoms with E-state index in [2.05, 4.69) is 10.3 Å². The van der Waals surface area contributed by atoms with Crippen LogP contribution in [0.3, 0.4) is 0 Å². The maximum Gasteiger partial charge on any atom is 0.247 e. The second-order valence-corrected chi connectivity index (χ2v) is 10.5. The SMILES string of the molecule is NS(=O)(=O)c1ccc(C2(C(=O)Nc3nccs3)CC2C2CCCC2)s1. The van der Waals surface area contributed by atoms with Crippen molar-refractivity contribution in [3.05, 3.63) is 28.6 Å². The van der Waals surface area contributed by atoms with Gasteiger partial charge in [-0.2, -0.15) is 0 Å². The molecule has 0 aromatic carbocycles. The molecule has 6 nitrogen and oxygen atoms in total. The molecule has 2 aromatic rings. The van der Waals surface area contributed by atoms with Crippen LogP contribution in [0.4, 0.5) is 5.13 Å². The van der Waals surface area contributed by atoms with E-state index in [0.717, 1.165) is 35.5 Å². The molecule has 2 saturated carbocycles. The Balaban J connectivity index is 1.67. The largest absolute Gasteiger partial charge is 0.301 e. The number of thiophene rings is 1. The van der Waals surface area contributed by atoms with Crippen molar-refractivity contribution in [1.82, 2.24) is 4.98 Å². The minimum atomic E-state index is -3.75. The Kier molecular flexibility index (Phi) is 4.22. The number of thiazole rings is 1. The molecule has 1 amide bonds. The highest BCUT2D eigenvalue weighted by Crippen LogP contribution is 2.62. The monoisotopic (exact) mass is 397 g/mol. The molecule has 2 unspecified atom stereocenters. The first kappa shape index (κ1) is 17.1. The molecule has 134 valence electrons. The molecule has 3 N–H and O–H groups in total. The standard InChI is InChI=1S/C16H19N3O3S3/c17-25(21,22)13-6-5-12(24-13)16(9-11(16)10-3-1-2-4-10)14(20)19-15-18-7-8-23-15/h5-8,10-11H,1-4,9H2,(H2,17,21,22)(H,18,19,20). The number of nitrogens with one attached hydrogen (secondary N) is 1. The lowest BCUT2D eigenvalue weighted by molar-refractivity contribution is -0.119. The molecule has 0 radical (unpaired) electrons. The molecular weight excluding hydrogens is 378 g/mol. The van der Waals surface area contributed by atoms with Gasteiger partial charge in [0.15, 0.2) is 5.13 Å². The smallest absolute Gasteiger partial charge is 0.247 e. The number of nitrogens with zero attached hydrogens (tertiary/aromatic N) is 1. The van der Waals surface area contributed by atoms with E-state index in [1.807, 2.05) is 5.38 Å². The van der Waals surface area contributed by atoms with E-state index >= 15 is 0 Å². The third kappa shape index (κ3) is 3.03. The first-order valence-electron chi connectivity index (χ1n) is 8.25. The van der Waals surface area contributed by atoms with Gasteiger partial charge in [-0.25, -0.2) is 18.5 Å². The number of hydrogen-bond acceptors (Lipinski definition) is 6. The maximum absolute atomic E-state index is 13.1. The van der Waals surface area contributed by atoms with Gasteiger partial charge in [0.25, 0.3) is 0 Å². The normalized spacial score (nSPS) is 26.7. The molecule has 0 saturated heterocycles. The van der Waals surface area contributed by atoms with Gasteiger partial charge in [0, 0.05) is 16.5 Å². The number of hydrogen-bond donors (Lipinski definition) is 2. The third-order valence-corrected chi connectivity index (χ3v) is 8.73. The Hall–Kier alpha value is -1.29. The fourth-order valence-electron chi connectivity index (χ4n) is 4.08. The summed E-state index contributed by atoms with van der Waals surface area (Å²) in [5.74, 6) is 0.714. The van der Waals surface area contributed by atoms with Gasteiger partial charge in [0.2, 0.25) is 15.9 Å². The van der Waals surface area contributed by atoms with Gasteiger partial charge >= 0.3 is 0 Å². The molecule has 0 aliphatic heterocycles. The van der Waals surface area contributed by atoms with Crippen LogP contribution in [0.25, 0.3) is 0 Å². The molecule has 2 aliphatic rings. The van der Waals surface area contributed by atoms with Crippen LogP contribution < -0.4 is 10.5 Å². The average Bonchev–Trinajstić information content (AvgIpc) is 3.10. The molecule has 0 bridgehead atoms. The predicted octanol–water partition coefficient (Wildman–Crippen LogP) is 2.94. The van der Waals surface area contributed by atoms with Gasteiger partial charge < -0.3 is 5.32 Å². The summed E-state index contributed by atoms with van der Waals surface area (Å²) >= 11 is 2.50. The van der Waals surface area contributed by atoms with E-state index in [4.69, 9.17) is 5.14 Å². The third-order valence-electron chi connectivity index (χ3n) is 5.34. The van der Waals surface area contributed by atoms with Gasteiger partial charge in [-0.1, -0.05) is 25.7 Å². The Morgan fingerprint density at radius 2 is 2.08 bits per heavy atom. The molecule has 2 heterocycles. The Morgan fingerprint density at radius 1 is 1.32 bits per heavy atom. The van der Waals surface area contributed by atoms with E-state index in [9.17, 15) is 13.2 Å². The van der Waals surface area contributed by atoms with Crippen LogP contribution in [0.1, 0.15) is 37.0 Å². The van der Waals surface area contributed by atoms with Crippen LogP contribution >= 0.6 is 22.7 Å². The molecule has 25 heavy (non-hydrogen) atoms.